The van der Waals surface area contributed by atoms with Gasteiger partial charge >= 0.3 is 0 Å². The van der Waals surface area contributed by atoms with Gasteiger partial charge in [0, 0.05) is 11.8 Å². The molecular formula is C17H22. The van der Waals surface area contributed by atoms with E-state index in [0.29, 0.717) is 11.8 Å². The first-order valence-electron chi connectivity index (χ1n) is 6.81. The Morgan fingerprint density at radius 3 is 1.88 bits per heavy atom. The van der Waals surface area contributed by atoms with E-state index in [1.54, 1.807) is 5.57 Å². The monoisotopic (exact) mass is 226 g/mol. The van der Waals surface area contributed by atoms with E-state index in [4.69, 9.17) is 0 Å². The molecule has 0 aromatic rings. The molecule has 0 radical (unpaired) electrons. The summed E-state index contributed by atoms with van der Waals surface area (Å²) in [5.41, 5.74) is 1.55. The summed E-state index contributed by atoms with van der Waals surface area (Å²) < 4.78 is 0. The summed E-state index contributed by atoms with van der Waals surface area (Å²) in [4.78, 5) is 0. The van der Waals surface area contributed by atoms with E-state index in [0.717, 1.165) is 0 Å². The van der Waals surface area contributed by atoms with Crippen LogP contribution in [-0.2, 0) is 0 Å². The van der Waals surface area contributed by atoms with Crippen LogP contribution < -0.4 is 0 Å². The Hall–Kier alpha value is -1.30. The summed E-state index contributed by atoms with van der Waals surface area (Å²) in [5.74, 6) is 1.04. The van der Waals surface area contributed by atoms with Crippen molar-refractivity contribution in [1.29, 1.82) is 0 Å². The predicted molar refractivity (Wildman–Crippen MR) is 75.8 cm³/mol. The average molecular weight is 226 g/mol. The highest BCUT2D eigenvalue weighted by Gasteiger charge is 2.17. The van der Waals surface area contributed by atoms with Gasteiger partial charge < -0.3 is 0 Å². The third-order valence-corrected chi connectivity index (χ3v) is 3.45. The molecule has 0 heteroatoms. The van der Waals surface area contributed by atoms with E-state index in [1.165, 1.54) is 25.7 Å². The van der Waals surface area contributed by atoms with Crippen molar-refractivity contribution in [2.45, 2.75) is 32.6 Å². The highest BCUT2D eigenvalue weighted by molar-refractivity contribution is 5.37. The van der Waals surface area contributed by atoms with Crippen LogP contribution in [-0.4, -0.2) is 0 Å². The standard InChI is InChI=1S/C17H22/c1-2-3-4-5-14-17(15-10-6-7-11-15)16-12-8-9-13-16/h6-16H,2-5H2,1H3. The highest BCUT2D eigenvalue weighted by Crippen LogP contribution is 2.30. The van der Waals surface area contributed by atoms with Gasteiger partial charge in [-0.15, -0.1) is 0 Å². The van der Waals surface area contributed by atoms with Crippen LogP contribution >= 0.6 is 0 Å². The molecule has 90 valence electrons. The Morgan fingerprint density at radius 1 is 0.882 bits per heavy atom. The molecule has 0 spiro atoms. The zero-order chi connectivity index (χ0) is 11.9. The van der Waals surface area contributed by atoms with Gasteiger partial charge in [0.25, 0.3) is 0 Å². The fourth-order valence-electron chi connectivity index (χ4n) is 2.47. The molecule has 0 fully saturated rings. The van der Waals surface area contributed by atoms with Gasteiger partial charge in [-0.05, 0) is 12.8 Å². The third kappa shape index (κ3) is 3.33. The number of rotatable bonds is 6. The lowest BCUT2D eigenvalue weighted by Gasteiger charge is -2.16. The quantitative estimate of drug-likeness (QED) is 0.443. The molecule has 0 aliphatic heterocycles. The molecule has 0 heterocycles. The van der Waals surface area contributed by atoms with Crippen LogP contribution in [0.15, 0.2) is 60.3 Å². The van der Waals surface area contributed by atoms with E-state index in [9.17, 15) is 0 Å². The molecule has 0 atom stereocenters. The molecule has 0 aromatic heterocycles. The Bertz CT molecular complexity index is 323. The summed E-state index contributed by atoms with van der Waals surface area (Å²) in [6.07, 6.45) is 25.5. The smallest absolute Gasteiger partial charge is 0.0172 e. The van der Waals surface area contributed by atoms with Gasteiger partial charge in [0.2, 0.25) is 0 Å². The van der Waals surface area contributed by atoms with Crippen LogP contribution in [0, 0.1) is 11.8 Å². The average Bonchev–Trinajstić information content (AvgIpc) is 3.02. The van der Waals surface area contributed by atoms with Crippen LogP contribution in [0.1, 0.15) is 32.6 Å². The highest BCUT2D eigenvalue weighted by atomic mass is 14.2. The normalized spacial score (nSPS) is 18.4. The Balaban J connectivity index is 2.01. The molecule has 0 bridgehead atoms. The second-order valence-corrected chi connectivity index (χ2v) is 4.79. The van der Waals surface area contributed by atoms with Gasteiger partial charge in [0.05, 0.1) is 0 Å². The molecule has 0 aromatic carbocycles. The van der Waals surface area contributed by atoms with Crippen LogP contribution in [0.2, 0.25) is 0 Å². The molecule has 17 heavy (non-hydrogen) atoms. The minimum Gasteiger partial charge on any atom is -0.0835 e. The SMILES string of the molecule is CCCCCC=C(C1C=CC=C1)C1C=CC=C1. The Kier molecular flexibility index (Phi) is 4.61. The van der Waals surface area contributed by atoms with Crippen LogP contribution in [0.3, 0.4) is 0 Å². The lowest BCUT2D eigenvalue weighted by Crippen LogP contribution is -2.04. The van der Waals surface area contributed by atoms with Crippen LogP contribution in [0.4, 0.5) is 0 Å². The maximum atomic E-state index is 2.46. The summed E-state index contributed by atoms with van der Waals surface area (Å²) >= 11 is 0. The maximum Gasteiger partial charge on any atom is 0.0172 e. The number of unbranched alkanes of at least 4 members (excludes halogenated alkanes) is 3. The van der Waals surface area contributed by atoms with Gasteiger partial charge in [-0.3, -0.25) is 0 Å². The van der Waals surface area contributed by atoms with E-state index in [2.05, 4.69) is 61.6 Å². The van der Waals surface area contributed by atoms with E-state index >= 15 is 0 Å². The summed E-state index contributed by atoms with van der Waals surface area (Å²) in [7, 11) is 0. The van der Waals surface area contributed by atoms with Crippen molar-refractivity contribution >= 4 is 0 Å². The van der Waals surface area contributed by atoms with Gasteiger partial charge in [-0.25, -0.2) is 0 Å². The minimum atomic E-state index is 0.522. The molecule has 0 unspecified atom stereocenters. The molecular weight excluding hydrogens is 204 g/mol. The lowest BCUT2D eigenvalue weighted by atomic mass is 9.88. The first-order chi connectivity index (χ1) is 8.42. The summed E-state index contributed by atoms with van der Waals surface area (Å²) in [6.45, 7) is 2.26. The van der Waals surface area contributed by atoms with Crippen LogP contribution in [0.25, 0.3) is 0 Å². The van der Waals surface area contributed by atoms with Crippen molar-refractivity contribution < 1.29 is 0 Å². The molecule has 0 nitrogen and oxygen atoms in total. The second kappa shape index (κ2) is 6.44. The van der Waals surface area contributed by atoms with E-state index in [-0.39, 0.29) is 0 Å². The molecule has 2 rings (SSSR count). The van der Waals surface area contributed by atoms with Crippen molar-refractivity contribution in [3.05, 3.63) is 60.3 Å². The predicted octanol–water partition coefficient (Wildman–Crippen LogP) is 4.98. The first kappa shape index (κ1) is 12.2. The Morgan fingerprint density at radius 2 is 1.41 bits per heavy atom. The van der Waals surface area contributed by atoms with Gasteiger partial charge in [-0.2, -0.15) is 0 Å². The van der Waals surface area contributed by atoms with Crippen molar-refractivity contribution in [2.75, 3.05) is 0 Å². The molecule has 2 aliphatic rings. The van der Waals surface area contributed by atoms with Gasteiger partial charge in [0.1, 0.15) is 0 Å². The fraction of sp³-hybridized carbons (Fsp3) is 0.412. The maximum absolute atomic E-state index is 2.46. The van der Waals surface area contributed by atoms with Crippen molar-refractivity contribution in [3.8, 4) is 0 Å². The van der Waals surface area contributed by atoms with Crippen LogP contribution in [0.5, 0.6) is 0 Å². The van der Waals surface area contributed by atoms with Gasteiger partial charge in [-0.1, -0.05) is 80.0 Å². The second-order valence-electron chi connectivity index (χ2n) is 4.79. The van der Waals surface area contributed by atoms with Crippen molar-refractivity contribution in [3.63, 3.8) is 0 Å². The largest absolute Gasteiger partial charge is 0.0835 e. The summed E-state index contributed by atoms with van der Waals surface area (Å²) in [5, 5.41) is 0. The van der Waals surface area contributed by atoms with Crippen molar-refractivity contribution in [1.82, 2.24) is 0 Å². The first-order valence-corrected chi connectivity index (χ1v) is 6.81. The molecule has 0 N–H and O–H groups in total. The van der Waals surface area contributed by atoms with E-state index in [1.807, 2.05) is 0 Å². The fourth-order valence-corrected chi connectivity index (χ4v) is 2.47. The Labute approximate surface area is 105 Å². The minimum absolute atomic E-state index is 0.522. The number of hydrogen-bond donors (Lipinski definition) is 0. The molecule has 0 saturated heterocycles. The topological polar surface area (TPSA) is 0 Å². The lowest BCUT2D eigenvalue weighted by molar-refractivity contribution is 0.716. The zero-order valence-electron chi connectivity index (χ0n) is 10.7. The van der Waals surface area contributed by atoms with Gasteiger partial charge in [0.15, 0.2) is 0 Å². The van der Waals surface area contributed by atoms with E-state index < -0.39 is 0 Å². The molecule has 2 aliphatic carbocycles. The molecule has 0 saturated carbocycles. The zero-order valence-corrected chi connectivity index (χ0v) is 10.7. The number of hydrogen-bond acceptors (Lipinski definition) is 0. The van der Waals surface area contributed by atoms with Crippen molar-refractivity contribution in [2.24, 2.45) is 11.8 Å². The third-order valence-electron chi connectivity index (χ3n) is 3.45. The molecule has 0 amide bonds. The number of allylic oxidation sites excluding steroid dienone is 10. The summed E-state index contributed by atoms with van der Waals surface area (Å²) in [6, 6.07) is 0.